The number of fused-ring (bicyclic) bond motifs is 1. The quantitative estimate of drug-likeness (QED) is 0.777. The molecule has 1 aliphatic rings. The van der Waals surface area contributed by atoms with Crippen LogP contribution in [-0.4, -0.2) is 44.3 Å². The van der Waals surface area contributed by atoms with Gasteiger partial charge in [0.1, 0.15) is 0 Å². The van der Waals surface area contributed by atoms with Crippen LogP contribution in [0.4, 0.5) is 5.95 Å². The molecule has 1 N–H and O–H groups in total. The van der Waals surface area contributed by atoms with Gasteiger partial charge in [0.15, 0.2) is 0 Å². The molecule has 0 saturated carbocycles. The van der Waals surface area contributed by atoms with Gasteiger partial charge < -0.3 is 15.0 Å². The van der Waals surface area contributed by atoms with Crippen LogP contribution in [0.15, 0.2) is 0 Å². The molecule has 88 valence electrons. The van der Waals surface area contributed by atoms with Crippen LogP contribution in [-0.2, 0) is 12.8 Å². The summed E-state index contributed by atoms with van der Waals surface area (Å²) >= 11 is 0. The molecule has 1 aromatic heterocycles. The van der Waals surface area contributed by atoms with E-state index in [1.54, 1.807) is 7.11 Å². The molecule has 0 atom stereocenters. The molecule has 1 aromatic rings. The summed E-state index contributed by atoms with van der Waals surface area (Å²) in [6.45, 7) is 1.94. The Hall–Kier alpha value is -1.36. The molecule has 0 radical (unpaired) electrons. The van der Waals surface area contributed by atoms with Crippen molar-refractivity contribution in [3.8, 4) is 5.88 Å². The van der Waals surface area contributed by atoms with E-state index in [1.807, 2.05) is 19.0 Å². The van der Waals surface area contributed by atoms with Crippen LogP contribution in [0.1, 0.15) is 11.3 Å². The minimum Gasteiger partial charge on any atom is -0.481 e. The smallest absolute Gasteiger partial charge is 0.228 e. The molecule has 0 fully saturated rings. The third-order valence-corrected chi connectivity index (χ3v) is 2.73. The highest BCUT2D eigenvalue weighted by molar-refractivity contribution is 5.40. The fourth-order valence-corrected chi connectivity index (χ4v) is 1.87. The topological polar surface area (TPSA) is 50.3 Å². The highest BCUT2D eigenvalue weighted by Crippen LogP contribution is 2.23. The molecule has 5 nitrogen and oxygen atoms in total. The lowest BCUT2D eigenvalue weighted by atomic mass is 10.1. The standard InChI is InChI=1S/C11H18N4O/c1-15(2)11-13-9-5-7-12-6-4-8(9)10(14-11)16-3/h12H,4-7H2,1-3H3. The Bertz CT molecular complexity index is 378. The molecular formula is C11H18N4O. The summed E-state index contributed by atoms with van der Waals surface area (Å²) in [6.07, 6.45) is 1.88. The van der Waals surface area contributed by atoms with Gasteiger partial charge in [0, 0.05) is 32.6 Å². The molecule has 0 aliphatic carbocycles. The highest BCUT2D eigenvalue weighted by atomic mass is 16.5. The zero-order valence-corrected chi connectivity index (χ0v) is 10.1. The molecule has 2 rings (SSSR count). The van der Waals surface area contributed by atoms with Gasteiger partial charge in [0.2, 0.25) is 11.8 Å². The highest BCUT2D eigenvalue weighted by Gasteiger charge is 2.17. The number of nitrogens with one attached hydrogen (secondary N) is 1. The zero-order chi connectivity index (χ0) is 11.5. The summed E-state index contributed by atoms with van der Waals surface area (Å²) in [6, 6.07) is 0. The van der Waals surface area contributed by atoms with Crippen molar-refractivity contribution in [1.82, 2.24) is 15.3 Å². The molecule has 0 spiro atoms. The second kappa shape index (κ2) is 4.65. The molecule has 0 saturated heterocycles. The Kier molecular flexibility index (Phi) is 3.24. The first kappa shape index (κ1) is 11.1. The van der Waals surface area contributed by atoms with Crippen LogP contribution in [0.5, 0.6) is 5.88 Å². The van der Waals surface area contributed by atoms with E-state index < -0.39 is 0 Å². The first-order chi connectivity index (χ1) is 7.72. The van der Waals surface area contributed by atoms with Crippen LogP contribution >= 0.6 is 0 Å². The van der Waals surface area contributed by atoms with Gasteiger partial charge in [-0.3, -0.25) is 0 Å². The number of ether oxygens (including phenoxy) is 1. The molecule has 0 unspecified atom stereocenters. The van der Waals surface area contributed by atoms with E-state index in [9.17, 15) is 0 Å². The van der Waals surface area contributed by atoms with E-state index in [0.29, 0.717) is 0 Å². The third-order valence-electron chi connectivity index (χ3n) is 2.73. The van der Waals surface area contributed by atoms with Gasteiger partial charge in [0.25, 0.3) is 0 Å². The normalized spacial score (nSPS) is 15.2. The number of nitrogens with zero attached hydrogens (tertiary/aromatic N) is 3. The zero-order valence-electron chi connectivity index (χ0n) is 10.1. The Balaban J connectivity index is 2.46. The van der Waals surface area contributed by atoms with E-state index in [-0.39, 0.29) is 0 Å². The molecule has 16 heavy (non-hydrogen) atoms. The van der Waals surface area contributed by atoms with Gasteiger partial charge in [-0.1, -0.05) is 0 Å². The summed E-state index contributed by atoms with van der Waals surface area (Å²) < 4.78 is 5.35. The average Bonchev–Trinajstić information content (AvgIpc) is 2.52. The summed E-state index contributed by atoms with van der Waals surface area (Å²) in [5.74, 6) is 1.44. The van der Waals surface area contributed by atoms with Gasteiger partial charge >= 0.3 is 0 Å². The fourth-order valence-electron chi connectivity index (χ4n) is 1.87. The van der Waals surface area contributed by atoms with Crippen molar-refractivity contribution in [2.45, 2.75) is 12.8 Å². The maximum atomic E-state index is 5.35. The first-order valence-corrected chi connectivity index (χ1v) is 5.54. The van der Waals surface area contributed by atoms with E-state index in [4.69, 9.17) is 4.74 Å². The van der Waals surface area contributed by atoms with Crippen molar-refractivity contribution >= 4 is 5.95 Å². The number of methoxy groups -OCH3 is 1. The summed E-state index contributed by atoms with van der Waals surface area (Å²) in [5, 5.41) is 3.36. The molecule has 0 aromatic carbocycles. The predicted octanol–water partition coefficient (Wildman–Crippen LogP) is 0.239. The van der Waals surface area contributed by atoms with Crippen LogP contribution in [0, 0.1) is 0 Å². The molecule has 2 heterocycles. The van der Waals surface area contributed by atoms with E-state index in [1.165, 1.54) is 0 Å². The van der Waals surface area contributed by atoms with E-state index in [2.05, 4.69) is 15.3 Å². The van der Waals surface area contributed by atoms with Gasteiger partial charge in [-0.25, -0.2) is 4.98 Å². The lowest BCUT2D eigenvalue weighted by Gasteiger charge is -2.15. The van der Waals surface area contributed by atoms with Crippen molar-refractivity contribution in [2.24, 2.45) is 0 Å². The van der Waals surface area contributed by atoms with Crippen molar-refractivity contribution < 1.29 is 4.74 Å². The Morgan fingerprint density at radius 3 is 2.62 bits per heavy atom. The lowest BCUT2D eigenvalue weighted by molar-refractivity contribution is 0.391. The maximum absolute atomic E-state index is 5.35. The average molecular weight is 222 g/mol. The number of hydrogen-bond acceptors (Lipinski definition) is 5. The largest absolute Gasteiger partial charge is 0.481 e. The summed E-state index contributed by atoms with van der Waals surface area (Å²) in [5.41, 5.74) is 2.26. The molecule has 0 bridgehead atoms. The number of rotatable bonds is 2. The van der Waals surface area contributed by atoms with Crippen LogP contribution in [0.3, 0.4) is 0 Å². The molecular weight excluding hydrogens is 204 g/mol. The van der Waals surface area contributed by atoms with Crippen molar-refractivity contribution in [2.75, 3.05) is 39.2 Å². The van der Waals surface area contributed by atoms with E-state index >= 15 is 0 Å². The number of aromatic nitrogens is 2. The Morgan fingerprint density at radius 2 is 1.94 bits per heavy atom. The molecule has 5 heteroatoms. The minimum atomic E-state index is 0.720. The van der Waals surface area contributed by atoms with Gasteiger partial charge in [-0.2, -0.15) is 4.98 Å². The first-order valence-electron chi connectivity index (χ1n) is 5.54. The second-order valence-corrected chi connectivity index (χ2v) is 4.10. The predicted molar refractivity (Wildman–Crippen MR) is 63.2 cm³/mol. The fraction of sp³-hybridized carbons (Fsp3) is 0.636. The Morgan fingerprint density at radius 1 is 1.19 bits per heavy atom. The lowest BCUT2D eigenvalue weighted by Crippen LogP contribution is -2.16. The van der Waals surface area contributed by atoms with Crippen LogP contribution in [0.25, 0.3) is 0 Å². The van der Waals surface area contributed by atoms with Crippen molar-refractivity contribution in [3.63, 3.8) is 0 Å². The SMILES string of the molecule is COc1nc(N(C)C)nc2c1CCNCC2. The summed E-state index contributed by atoms with van der Waals surface area (Å²) in [7, 11) is 5.55. The molecule has 0 amide bonds. The maximum Gasteiger partial charge on any atom is 0.228 e. The monoisotopic (exact) mass is 222 g/mol. The minimum absolute atomic E-state index is 0.720. The van der Waals surface area contributed by atoms with Gasteiger partial charge in [-0.15, -0.1) is 0 Å². The summed E-state index contributed by atoms with van der Waals surface area (Å²) in [4.78, 5) is 10.9. The van der Waals surface area contributed by atoms with Crippen LogP contribution in [0.2, 0.25) is 0 Å². The van der Waals surface area contributed by atoms with Crippen LogP contribution < -0.4 is 15.0 Å². The Labute approximate surface area is 95.8 Å². The van der Waals surface area contributed by atoms with Gasteiger partial charge in [0.05, 0.1) is 12.8 Å². The second-order valence-electron chi connectivity index (χ2n) is 4.10. The molecule has 1 aliphatic heterocycles. The third kappa shape index (κ3) is 2.09. The van der Waals surface area contributed by atoms with Crippen molar-refractivity contribution in [1.29, 1.82) is 0 Å². The number of anilines is 1. The van der Waals surface area contributed by atoms with Gasteiger partial charge in [-0.05, 0) is 13.0 Å². The van der Waals surface area contributed by atoms with Crippen molar-refractivity contribution in [3.05, 3.63) is 11.3 Å². The van der Waals surface area contributed by atoms with E-state index in [0.717, 1.165) is 49.0 Å². The number of hydrogen-bond donors (Lipinski definition) is 1.